The van der Waals surface area contributed by atoms with E-state index in [9.17, 15) is 0 Å². The van der Waals surface area contributed by atoms with Crippen molar-refractivity contribution in [2.75, 3.05) is 0 Å². The maximum absolute atomic E-state index is 7.05. The van der Waals surface area contributed by atoms with Gasteiger partial charge in [-0.15, -0.1) is 0 Å². The normalized spacial score (nSPS) is 11.4. The molecule has 192 valence electrons. The molecule has 0 atom stereocenters. The van der Waals surface area contributed by atoms with Crippen LogP contribution in [0.25, 0.3) is 65.3 Å². The van der Waals surface area contributed by atoms with Crippen LogP contribution in [0.4, 0.5) is 0 Å². The van der Waals surface area contributed by atoms with Gasteiger partial charge >= 0.3 is 0 Å². The van der Waals surface area contributed by atoms with Crippen molar-refractivity contribution in [3.63, 3.8) is 0 Å². The van der Waals surface area contributed by atoms with E-state index in [-0.39, 0.29) is 0 Å². The van der Waals surface area contributed by atoms with Crippen molar-refractivity contribution >= 4 is 43.1 Å². The van der Waals surface area contributed by atoms with Crippen molar-refractivity contribution in [3.8, 4) is 33.8 Å². The van der Waals surface area contributed by atoms with Gasteiger partial charge in [-0.1, -0.05) is 121 Å². The molecule has 1 heterocycles. The Labute approximate surface area is 238 Å². The number of nitrogens with zero attached hydrogens (tertiary/aromatic N) is 1. The minimum absolute atomic E-state index is 0.830. The van der Waals surface area contributed by atoms with E-state index >= 15 is 0 Å². The molecule has 0 aliphatic heterocycles. The van der Waals surface area contributed by atoms with Crippen LogP contribution < -0.4 is 4.74 Å². The molecule has 0 aliphatic rings. The summed E-state index contributed by atoms with van der Waals surface area (Å²) in [7, 11) is 0. The lowest BCUT2D eigenvalue weighted by Gasteiger charge is -2.20. The van der Waals surface area contributed by atoms with Gasteiger partial charge < -0.3 is 4.74 Å². The third-order valence-electron chi connectivity index (χ3n) is 7.98. The summed E-state index contributed by atoms with van der Waals surface area (Å²) in [5.41, 5.74) is 4.55. The number of pyridine rings is 1. The second-order valence-electron chi connectivity index (χ2n) is 10.4. The summed E-state index contributed by atoms with van der Waals surface area (Å²) in [5, 5.41) is 9.08. The van der Waals surface area contributed by atoms with Crippen LogP contribution in [-0.2, 0) is 0 Å². The van der Waals surface area contributed by atoms with E-state index in [1.807, 2.05) is 18.5 Å². The second kappa shape index (κ2) is 9.62. The first-order valence-electron chi connectivity index (χ1n) is 13.9. The monoisotopic (exact) mass is 523 g/mol. The Morgan fingerprint density at radius 3 is 1.90 bits per heavy atom. The summed E-state index contributed by atoms with van der Waals surface area (Å²) < 4.78 is 7.05. The zero-order valence-corrected chi connectivity index (χ0v) is 22.3. The second-order valence-corrected chi connectivity index (χ2v) is 10.4. The molecule has 0 saturated heterocycles. The SMILES string of the molecule is c1ccc(-c2cc3ccccc3cc2Oc2c3ccccc3c(-c3cccc4ccccc34)c3cnccc23)cc1. The number of hydrogen-bond donors (Lipinski definition) is 0. The smallest absolute Gasteiger partial charge is 0.143 e. The fourth-order valence-corrected chi connectivity index (χ4v) is 6.08. The molecular formula is C39H25NO. The van der Waals surface area contributed by atoms with Crippen molar-refractivity contribution < 1.29 is 4.74 Å². The molecule has 1 aromatic heterocycles. The first-order chi connectivity index (χ1) is 20.3. The maximum Gasteiger partial charge on any atom is 0.143 e. The third-order valence-corrected chi connectivity index (χ3v) is 7.98. The minimum Gasteiger partial charge on any atom is -0.455 e. The molecule has 0 aliphatic carbocycles. The molecule has 2 nitrogen and oxygen atoms in total. The Morgan fingerprint density at radius 1 is 0.439 bits per heavy atom. The van der Waals surface area contributed by atoms with Crippen LogP contribution in [0.3, 0.4) is 0 Å². The highest BCUT2D eigenvalue weighted by atomic mass is 16.5. The standard InChI is InChI=1S/C39H25NO/c1-2-11-27(12-3-1)35-23-28-14-4-5-15-29(28)24-37(35)41-39-33-19-9-8-18-32(33)38(36-25-40-22-21-34(36)39)31-20-10-16-26-13-6-7-17-30(26)31/h1-25H. The van der Waals surface area contributed by atoms with Gasteiger partial charge in [0, 0.05) is 34.1 Å². The van der Waals surface area contributed by atoms with Gasteiger partial charge in [-0.25, -0.2) is 0 Å². The lowest BCUT2D eigenvalue weighted by Crippen LogP contribution is -1.95. The fourth-order valence-electron chi connectivity index (χ4n) is 6.08. The van der Waals surface area contributed by atoms with Crippen molar-refractivity contribution in [2.45, 2.75) is 0 Å². The van der Waals surface area contributed by atoms with Crippen LogP contribution in [-0.4, -0.2) is 4.98 Å². The minimum atomic E-state index is 0.830. The quantitative estimate of drug-likeness (QED) is 0.214. The van der Waals surface area contributed by atoms with Crippen LogP contribution in [0.5, 0.6) is 11.5 Å². The van der Waals surface area contributed by atoms with Crippen molar-refractivity contribution in [2.24, 2.45) is 0 Å². The third kappa shape index (κ3) is 3.92. The van der Waals surface area contributed by atoms with Gasteiger partial charge in [-0.2, -0.15) is 0 Å². The predicted octanol–water partition coefficient (Wildman–Crippen LogP) is 10.8. The van der Waals surface area contributed by atoms with Crippen molar-refractivity contribution in [1.82, 2.24) is 4.98 Å². The van der Waals surface area contributed by atoms with Crippen LogP contribution in [0, 0.1) is 0 Å². The van der Waals surface area contributed by atoms with E-state index in [1.165, 1.54) is 27.3 Å². The van der Waals surface area contributed by atoms with Crippen LogP contribution in [0.2, 0.25) is 0 Å². The molecule has 41 heavy (non-hydrogen) atoms. The molecule has 0 saturated carbocycles. The Kier molecular flexibility index (Phi) is 5.49. The molecule has 8 rings (SSSR count). The van der Waals surface area contributed by atoms with Crippen molar-refractivity contribution in [1.29, 1.82) is 0 Å². The number of ether oxygens (including phenoxy) is 1. The lowest BCUT2D eigenvalue weighted by atomic mass is 9.89. The molecule has 0 N–H and O–H groups in total. The molecule has 8 aromatic rings. The Morgan fingerprint density at radius 2 is 1.07 bits per heavy atom. The van der Waals surface area contributed by atoms with E-state index in [0.717, 1.165) is 49.6 Å². The van der Waals surface area contributed by atoms with Gasteiger partial charge in [-0.05, 0) is 61.8 Å². The average Bonchev–Trinajstić information content (AvgIpc) is 3.04. The number of fused-ring (bicyclic) bond motifs is 4. The molecule has 0 amide bonds. The predicted molar refractivity (Wildman–Crippen MR) is 172 cm³/mol. The number of aromatic nitrogens is 1. The largest absolute Gasteiger partial charge is 0.455 e. The molecule has 0 bridgehead atoms. The summed E-state index contributed by atoms with van der Waals surface area (Å²) in [4.78, 5) is 4.58. The highest BCUT2D eigenvalue weighted by molar-refractivity contribution is 6.20. The Hall–Kier alpha value is -5.47. The van der Waals surface area contributed by atoms with Gasteiger partial charge in [0.15, 0.2) is 0 Å². The fraction of sp³-hybridized carbons (Fsp3) is 0. The lowest BCUT2D eigenvalue weighted by molar-refractivity contribution is 0.496. The van der Waals surface area contributed by atoms with Crippen LogP contribution in [0.1, 0.15) is 0 Å². The van der Waals surface area contributed by atoms with E-state index in [1.54, 1.807) is 0 Å². The summed E-state index contributed by atoms with van der Waals surface area (Å²) in [6, 6.07) is 49.1. The molecule has 0 fully saturated rings. The molecule has 2 heteroatoms. The molecule has 0 radical (unpaired) electrons. The van der Waals surface area contributed by atoms with Gasteiger partial charge in [-0.3, -0.25) is 4.98 Å². The van der Waals surface area contributed by atoms with E-state index < -0.39 is 0 Å². The zero-order valence-electron chi connectivity index (χ0n) is 22.3. The summed E-state index contributed by atoms with van der Waals surface area (Å²) in [6.07, 6.45) is 3.83. The van der Waals surface area contributed by atoms with Gasteiger partial charge in [0.05, 0.1) is 0 Å². The van der Waals surface area contributed by atoms with Crippen molar-refractivity contribution in [3.05, 3.63) is 152 Å². The molecule has 0 spiro atoms. The topological polar surface area (TPSA) is 22.1 Å². The average molecular weight is 524 g/mol. The van der Waals surface area contributed by atoms with Gasteiger partial charge in [0.1, 0.15) is 11.5 Å². The molecule has 0 unspecified atom stereocenters. The van der Waals surface area contributed by atoms with Crippen LogP contribution >= 0.6 is 0 Å². The first-order valence-corrected chi connectivity index (χ1v) is 13.9. The number of rotatable bonds is 4. The van der Waals surface area contributed by atoms with E-state index in [2.05, 4.69) is 138 Å². The summed E-state index contributed by atoms with van der Waals surface area (Å²) in [5.74, 6) is 1.67. The number of benzene rings is 7. The van der Waals surface area contributed by atoms with Gasteiger partial charge in [0.2, 0.25) is 0 Å². The summed E-state index contributed by atoms with van der Waals surface area (Å²) >= 11 is 0. The Balaban J connectivity index is 1.43. The number of hydrogen-bond acceptors (Lipinski definition) is 2. The van der Waals surface area contributed by atoms with E-state index in [4.69, 9.17) is 4.74 Å². The van der Waals surface area contributed by atoms with E-state index in [0.29, 0.717) is 0 Å². The molecule has 7 aromatic carbocycles. The van der Waals surface area contributed by atoms with Crippen LogP contribution in [0.15, 0.2) is 152 Å². The maximum atomic E-state index is 7.05. The molecular weight excluding hydrogens is 498 g/mol. The van der Waals surface area contributed by atoms with Gasteiger partial charge in [0.25, 0.3) is 0 Å². The Bertz CT molecular complexity index is 2170. The first kappa shape index (κ1) is 23.4. The highest BCUT2D eigenvalue weighted by Gasteiger charge is 2.20. The zero-order chi connectivity index (χ0) is 27.2. The summed E-state index contributed by atoms with van der Waals surface area (Å²) in [6.45, 7) is 0. The highest BCUT2D eigenvalue weighted by Crippen LogP contribution is 2.47.